The van der Waals surface area contributed by atoms with E-state index < -0.39 is 7.04 Å². The summed E-state index contributed by atoms with van der Waals surface area (Å²) in [7, 11) is -0.324. The van der Waals surface area contributed by atoms with Gasteiger partial charge in [0.1, 0.15) is 5.75 Å². The molecule has 1 aliphatic carbocycles. The summed E-state index contributed by atoms with van der Waals surface area (Å²) in [6, 6.07) is 7.49. The summed E-state index contributed by atoms with van der Waals surface area (Å²) >= 11 is 0. The summed E-state index contributed by atoms with van der Waals surface area (Å²) in [6.45, 7) is 1.66. The minimum Gasteiger partial charge on any atom is -0.497 e. The third kappa shape index (κ3) is 2.57. The van der Waals surface area contributed by atoms with Crippen molar-refractivity contribution in [3.8, 4) is 5.75 Å². The number of ether oxygens (including phenoxy) is 2. The Hall–Kier alpha value is -1.06. The van der Waals surface area contributed by atoms with Crippen LogP contribution in [-0.4, -0.2) is 37.9 Å². The average molecular weight is 278 g/mol. The van der Waals surface area contributed by atoms with Gasteiger partial charge in [-0.1, -0.05) is 31.4 Å². The molecule has 20 heavy (non-hydrogen) atoms. The van der Waals surface area contributed by atoms with E-state index in [1.54, 1.807) is 12.1 Å². The molecule has 1 unspecified atom stereocenters. The molecule has 1 atom stereocenters. The van der Waals surface area contributed by atoms with Gasteiger partial charge in [0.25, 0.3) is 0 Å². The second-order valence-electron chi connectivity index (χ2n) is 6.16. The van der Waals surface area contributed by atoms with E-state index in [0.29, 0.717) is 18.4 Å². The lowest BCUT2D eigenvalue weighted by Gasteiger charge is -2.49. The molecule has 1 spiro atoms. The molecule has 1 saturated carbocycles. The van der Waals surface area contributed by atoms with Crippen molar-refractivity contribution in [2.24, 2.45) is 0 Å². The van der Waals surface area contributed by atoms with Crippen LogP contribution in [0.2, 0.25) is 0 Å². The Morgan fingerprint density at radius 3 is 2.70 bits per heavy atom. The maximum atomic E-state index is 7.18. The Labute approximate surface area is 126 Å². The van der Waals surface area contributed by atoms with Gasteiger partial charge in [-0.25, -0.2) is 0 Å². The second kappa shape index (κ2) is 5.74. The van der Waals surface area contributed by atoms with Gasteiger partial charge in [-0.05, 0) is 37.6 Å². The largest absolute Gasteiger partial charge is 0.497 e. The summed E-state index contributed by atoms with van der Waals surface area (Å²) in [5, 5.41) is 0. The number of benzene rings is 1. The van der Waals surface area contributed by atoms with Crippen LogP contribution in [0.25, 0.3) is 0 Å². The van der Waals surface area contributed by atoms with Gasteiger partial charge in [-0.3, -0.25) is 4.90 Å². The first-order valence-electron chi connectivity index (χ1n) is 8.99. The number of hydrogen-bond donors (Lipinski definition) is 0. The summed E-state index contributed by atoms with van der Waals surface area (Å²) in [6.07, 6.45) is 5.96. The number of likely N-dealkylation sites (N-methyl/N-ethyl adjacent to an activating group) is 1. The van der Waals surface area contributed by atoms with Crippen molar-refractivity contribution < 1.29 is 13.6 Å². The Bertz CT molecular complexity index is 524. The van der Waals surface area contributed by atoms with Gasteiger partial charge in [0.2, 0.25) is 0 Å². The van der Waals surface area contributed by atoms with Crippen molar-refractivity contribution in [3.05, 3.63) is 29.8 Å². The molecule has 0 bridgehead atoms. The molecule has 1 aromatic rings. The monoisotopic (exact) mass is 278 g/mol. The SMILES string of the molecule is [2H]C([2H])([2H])Oc1ccc(C2CN(C)COC23CCCCC3)cc1. The van der Waals surface area contributed by atoms with Gasteiger partial charge < -0.3 is 9.47 Å². The Kier molecular flexibility index (Phi) is 3.05. The molecule has 1 saturated heterocycles. The molecule has 0 radical (unpaired) electrons. The Morgan fingerprint density at radius 1 is 1.25 bits per heavy atom. The summed E-state index contributed by atoms with van der Waals surface area (Å²) in [5.74, 6) is 0.708. The molecule has 3 nitrogen and oxygen atoms in total. The highest BCUT2D eigenvalue weighted by molar-refractivity contribution is 5.32. The van der Waals surface area contributed by atoms with Gasteiger partial charge in [-0.2, -0.15) is 0 Å². The van der Waals surface area contributed by atoms with Gasteiger partial charge in [-0.15, -0.1) is 0 Å². The van der Waals surface area contributed by atoms with Gasteiger partial charge in [0.05, 0.1) is 23.5 Å². The number of rotatable bonds is 2. The fourth-order valence-corrected chi connectivity index (χ4v) is 3.69. The van der Waals surface area contributed by atoms with Crippen LogP contribution in [0, 0.1) is 0 Å². The number of nitrogens with zero attached hydrogens (tertiary/aromatic N) is 1. The zero-order valence-electron chi connectivity index (χ0n) is 15.1. The molecule has 1 aromatic carbocycles. The lowest BCUT2D eigenvalue weighted by atomic mass is 9.71. The lowest BCUT2D eigenvalue weighted by Crippen LogP contribution is -2.52. The number of methoxy groups -OCH3 is 1. The fourth-order valence-electron chi connectivity index (χ4n) is 3.69. The van der Waals surface area contributed by atoms with E-state index in [-0.39, 0.29) is 5.60 Å². The smallest absolute Gasteiger partial charge is 0.118 e. The highest BCUT2D eigenvalue weighted by atomic mass is 16.5. The minimum atomic E-state index is -2.40. The van der Waals surface area contributed by atoms with Crippen LogP contribution in [-0.2, 0) is 4.74 Å². The third-order valence-electron chi connectivity index (χ3n) is 4.80. The van der Waals surface area contributed by atoms with Crippen LogP contribution in [0.3, 0.4) is 0 Å². The maximum absolute atomic E-state index is 7.18. The average Bonchev–Trinajstić information content (AvgIpc) is 2.50. The number of hydrogen-bond acceptors (Lipinski definition) is 3. The molecule has 0 aromatic heterocycles. The third-order valence-corrected chi connectivity index (χ3v) is 4.80. The normalized spacial score (nSPS) is 29.4. The Morgan fingerprint density at radius 2 is 2.00 bits per heavy atom. The summed E-state index contributed by atoms with van der Waals surface area (Å²) in [4.78, 5) is 2.21. The zero-order chi connectivity index (χ0) is 16.5. The van der Waals surface area contributed by atoms with E-state index in [0.717, 1.165) is 19.4 Å². The van der Waals surface area contributed by atoms with Crippen LogP contribution in [0.15, 0.2) is 24.3 Å². The van der Waals surface area contributed by atoms with Gasteiger partial charge >= 0.3 is 0 Å². The van der Waals surface area contributed by atoms with Crippen LogP contribution in [0.5, 0.6) is 5.75 Å². The van der Waals surface area contributed by atoms with Crippen molar-refractivity contribution in [3.63, 3.8) is 0 Å². The van der Waals surface area contributed by atoms with E-state index in [4.69, 9.17) is 13.6 Å². The van der Waals surface area contributed by atoms with Gasteiger partial charge in [0.15, 0.2) is 0 Å². The van der Waals surface area contributed by atoms with Crippen molar-refractivity contribution >= 4 is 0 Å². The first-order chi connectivity index (χ1) is 10.9. The zero-order valence-corrected chi connectivity index (χ0v) is 12.1. The molecule has 1 heterocycles. The van der Waals surface area contributed by atoms with E-state index >= 15 is 0 Å². The minimum absolute atomic E-state index is 0.0584. The predicted molar refractivity (Wildman–Crippen MR) is 80.1 cm³/mol. The molecule has 2 fully saturated rings. The summed E-state index contributed by atoms with van der Waals surface area (Å²) in [5.41, 5.74) is 1.15. The van der Waals surface area contributed by atoms with Crippen LogP contribution >= 0.6 is 0 Å². The predicted octanol–water partition coefficient (Wildman–Crippen LogP) is 3.40. The van der Waals surface area contributed by atoms with E-state index in [1.165, 1.54) is 24.8 Å². The second-order valence-corrected chi connectivity index (χ2v) is 6.16. The first-order valence-corrected chi connectivity index (χ1v) is 7.49. The quantitative estimate of drug-likeness (QED) is 0.827. The molecular weight excluding hydrogens is 250 g/mol. The van der Waals surface area contributed by atoms with E-state index in [9.17, 15) is 0 Å². The standard InChI is InChI=1S/C17H25NO2/c1-18-12-16(14-6-8-15(19-2)9-7-14)17(20-13-18)10-4-3-5-11-17/h6-9,16H,3-5,10-13H2,1-2H3/i2D3. The molecule has 1 aliphatic heterocycles. The van der Waals surface area contributed by atoms with Gasteiger partial charge in [0, 0.05) is 12.5 Å². The first kappa shape index (κ1) is 10.6. The summed E-state index contributed by atoms with van der Waals surface area (Å²) < 4.78 is 32.8. The van der Waals surface area contributed by atoms with Crippen molar-refractivity contribution in [1.82, 2.24) is 4.90 Å². The highest BCUT2D eigenvalue weighted by Gasteiger charge is 2.44. The van der Waals surface area contributed by atoms with Crippen molar-refractivity contribution in [2.75, 3.05) is 27.4 Å². The molecule has 3 rings (SSSR count). The van der Waals surface area contributed by atoms with Crippen molar-refractivity contribution in [2.45, 2.75) is 43.6 Å². The lowest BCUT2D eigenvalue weighted by molar-refractivity contribution is -0.161. The highest BCUT2D eigenvalue weighted by Crippen LogP contribution is 2.45. The molecule has 2 aliphatic rings. The van der Waals surface area contributed by atoms with Crippen LogP contribution in [0.4, 0.5) is 0 Å². The molecule has 110 valence electrons. The van der Waals surface area contributed by atoms with E-state index in [1.807, 2.05) is 12.1 Å². The topological polar surface area (TPSA) is 21.7 Å². The molecular formula is C17H25NO2. The van der Waals surface area contributed by atoms with Crippen LogP contribution < -0.4 is 4.74 Å². The van der Waals surface area contributed by atoms with Crippen LogP contribution in [0.1, 0.15) is 47.7 Å². The van der Waals surface area contributed by atoms with Crippen molar-refractivity contribution in [1.29, 1.82) is 0 Å². The Balaban J connectivity index is 1.82. The molecule has 0 N–H and O–H groups in total. The molecule has 3 heteroatoms. The van der Waals surface area contributed by atoms with E-state index in [2.05, 4.69) is 11.9 Å². The molecule has 0 amide bonds. The fraction of sp³-hybridized carbons (Fsp3) is 0.647. The maximum Gasteiger partial charge on any atom is 0.118 e.